The molecular formula is C13H18BrN5O4. The molecule has 3 heterocycles. The minimum Gasteiger partial charge on any atom is -0.477 e. The predicted molar refractivity (Wildman–Crippen MR) is 84.8 cm³/mol. The summed E-state index contributed by atoms with van der Waals surface area (Å²) in [7, 11) is 0. The predicted octanol–water partition coefficient (Wildman–Crippen LogP) is 0.601. The third kappa shape index (κ3) is 2.99. The van der Waals surface area contributed by atoms with Gasteiger partial charge in [0.05, 0.1) is 19.3 Å². The second-order valence-corrected chi connectivity index (χ2v) is 6.04. The first-order valence-corrected chi connectivity index (χ1v) is 8.12. The molecular weight excluding hydrogens is 370 g/mol. The summed E-state index contributed by atoms with van der Waals surface area (Å²) in [6.45, 7) is 2.22. The molecule has 126 valence electrons. The van der Waals surface area contributed by atoms with Crippen LogP contribution in [0.2, 0.25) is 0 Å². The Kier molecular flexibility index (Phi) is 4.67. The second-order valence-electron chi connectivity index (χ2n) is 5.28. The minimum absolute atomic E-state index is 0.0644. The van der Waals surface area contributed by atoms with Crippen molar-refractivity contribution in [3.8, 4) is 5.88 Å². The van der Waals surface area contributed by atoms with Crippen molar-refractivity contribution in [2.75, 3.05) is 18.9 Å². The van der Waals surface area contributed by atoms with Gasteiger partial charge in [0.25, 0.3) is 0 Å². The third-order valence-electron chi connectivity index (χ3n) is 3.59. The molecule has 0 saturated carbocycles. The molecule has 0 aromatic carbocycles. The maximum atomic E-state index is 9.90. The molecule has 10 heteroatoms. The van der Waals surface area contributed by atoms with Crippen molar-refractivity contribution in [3.63, 3.8) is 0 Å². The van der Waals surface area contributed by atoms with Crippen LogP contribution in [0.3, 0.4) is 0 Å². The topological polar surface area (TPSA) is 129 Å². The van der Waals surface area contributed by atoms with Crippen molar-refractivity contribution in [3.05, 3.63) is 4.60 Å². The SMILES string of the molecule is CCCOc1nc(N)nc2c1c(Br)nn2[C@H]1C[C@H](O)[C@@H](CO)O1. The van der Waals surface area contributed by atoms with Crippen LogP contribution in [0.15, 0.2) is 4.60 Å². The number of hydrogen-bond acceptors (Lipinski definition) is 8. The molecule has 9 nitrogen and oxygen atoms in total. The number of rotatable bonds is 5. The van der Waals surface area contributed by atoms with Gasteiger partial charge in [0.15, 0.2) is 11.9 Å². The second kappa shape index (κ2) is 6.56. The molecule has 2 aromatic heterocycles. The molecule has 2 aromatic rings. The molecule has 1 aliphatic rings. The first-order chi connectivity index (χ1) is 11.0. The van der Waals surface area contributed by atoms with Gasteiger partial charge in [-0.1, -0.05) is 6.92 Å². The standard InChI is InChI=1S/C13H18BrN5O4/c1-2-3-22-12-9-10(14)18-19(11(9)16-13(15)17-12)8-4-6(21)7(5-20)23-8/h6-8,20-21H,2-5H2,1H3,(H2,15,16,17)/t6-,7+,8+/m0/s1. The zero-order chi connectivity index (χ0) is 16.6. The molecule has 0 unspecified atom stereocenters. The van der Waals surface area contributed by atoms with Crippen LogP contribution in [-0.2, 0) is 4.74 Å². The molecule has 3 rings (SSSR count). The van der Waals surface area contributed by atoms with Gasteiger partial charge < -0.3 is 25.4 Å². The van der Waals surface area contributed by atoms with Gasteiger partial charge in [-0.3, -0.25) is 0 Å². The van der Waals surface area contributed by atoms with Gasteiger partial charge >= 0.3 is 0 Å². The number of aromatic nitrogens is 4. The van der Waals surface area contributed by atoms with Gasteiger partial charge in [0.1, 0.15) is 16.1 Å². The highest BCUT2D eigenvalue weighted by Gasteiger charge is 2.36. The van der Waals surface area contributed by atoms with Crippen molar-refractivity contribution in [1.82, 2.24) is 19.7 Å². The number of aliphatic hydroxyl groups excluding tert-OH is 2. The van der Waals surface area contributed by atoms with E-state index in [-0.39, 0.29) is 12.6 Å². The molecule has 4 N–H and O–H groups in total. The van der Waals surface area contributed by atoms with E-state index in [4.69, 9.17) is 15.2 Å². The Morgan fingerprint density at radius 3 is 2.91 bits per heavy atom. The molecule has 3 atom stereocenters. The van der Waals surface area contributed by atoms with Crippen LogP contribution in [0.1, 0.15) is 26.0 Å². The highest BCUT2D eigenvalue weighted by atomic mass is 79.9. The van der Waals surface area contributed by atoms with Gasteiger partial charge in [0.2, 0.25) is 11.8 Å². The highest BCUT2D eigenvalue weighted by Crippen LogP contribution is 2.36. The van der Waals surface area contributed by atoms with Gasteiger partial charge in [-0.2, -0.15) is 15.1 Å². The van der Waals surface area contributed by atoms with Crippen molar-refractivity contribution < 1.29 is 19.7 Å². The summed E-state index contributed by atoms with van der Waals surface area (Å²) in [5.41, 5.74) is 6.22. The van der Waals surface area contributed by atoms with E-state index in [9.17, 15) is 10.2 Å². The Balaban J connectivity index is 2.04. The lowest BCUT2D eigenvalue weighted by Crippen LogP contribution is -2.24. The average Bonchev–Trinajstić information content (AvgIpc) is 3.05. The van der Waals surface area contributed by atoms with Crippen LogP contribution >= 0.6 is 15.9 Å². The first-order valence-electron chi connectivity index (χ1n) is 7.33. The van der Waals surface area contributed by atoms with E-state index in [2.05, 4.69) is 31.0 Å². The van der Waals surface area contributed by atoms with E-state index < -0.39 is 18.4 Å². The van der Waals surface area contributed by atoms with E-state index in [0.717, 1.165) is 6.42 Å². The zero-order valence-electron chi connectivity index (χ0n) is 12.5. The van der Waals surface area contributed by atoms with Gasteiger partial charge in [-0.05, 0) is 22.4 Å². The molecule has 1 saturated heterocycles. The Hall–Kier alpha value is -1.49. The monoisotopic (exact) mass is 387 g/mol. The lowest BCUT2D eigenvalue weighted by atomic mass is 10.2. The summed E-state index contributed by atoms with van der Waals surface area (Å²) in [5.74, 6) is 0.416. The fraction of sp³-hybridized carbons (Fsp3) is 0.615. The Morgan fingerprint density at radius 1 is 1.48 bits per heavy atom. The van der Waals surface area contributed by atoms with E-state index >= 15 is 0 Å². The summed E-state index contributed by atoms with van der Waals surface area (Å²) < 4.78 is 13.3. The van der Waals surface area contributed by atoms with E-state index in [0.29, 0.717) is 34.5 Å². The Morgan fingerprint density at radius 2 is 2.26 bits per heavy atom. The highest BCUT2D eigenvalue weighted by molar-refractivity contribution is 9.10. The Labute approximate surface area is 140 Å². The number of ether oxygens (including phenoxy) is 2. The number of halogens is 1. The fourth-order valence-corrected chi connectivity index (χ4v) is 3.03. The van der Waals surface area contributed by atoms with Crippen LogP contribution in [0.5, 0.6) is 5.88 Å². The van der Waals surface area contributed by atoms with Gasteiger partial charge in [-0.15, -0.1) is 0 Å². The molecule has 1 aliphatic heterocycles. The first kappa shape index (κ1) is 16.4. The number of fused-ring (bicyclic) bond motifs is 1. The van der Waals surface area contributed by atoms with E-state index in [1.807, 2.05) is 6.92 Å². The summed E-state index contributed by atoms with van der Waals surface area (Å²) in [6.07, 6.45) is -0.841. The largest absolute Gasteiger partial charge is 0.477 e. The summed E-state index contributed by atoms with van der Waals surface area (Å²) >= 11 is 3.38. The number of hydrogen-bond donors (Lipinski definition) is 3. The average molecular weight is 388 g/mol. The van der Waals surface area contributed by atoms with Gasteiger partial charge in [-0.25, -0.2) is 4.68 Å². The smallest absolute Gasteiger partial charge is 0.230 e. The number of aliphatic hydroxyl groups is 2. The lowest BCUT2D eigenvalue weighted by molar-refractivity contribution is -0.0471. The quantitative estimate of drug-likeness (QED) is 0.679. The van der Waals surface area contributed by atoms with Crippen molar-refractivity contribution in [1.29, 1.82) is 0 Å². The molecule has 0 bridgehead atoms. The Bertz CT molecular complexity index is 709. The third-order valence-corrected chi connectivity index (χ3v) is 4.15. The summed E-state index contributed by atoms with van der Waals surface area (Å²) in [5, 5.41) is 24.1. The number of nitrogens with zero attached hydrogens (tertiary/aromatic N) is 4. The molecule has 0 radical (unpaired) electrons. The number of nitrogen functional groups attached to an aromatic ring is 1. The van der Waals surface area contributed by atoms with Crippen molar-refractivity contribution >= 4 is 32.9 Å². The summed E-state index contributed by atoms with van der Waals surface area (Å²) in [4.78, 5) is 8.34. The van der Waals surface area contributed by atoms with E-state index in [1.165, 1.54) is 4.68 Å². The molecule has 0 aliphatic carbocycles. The van der Waals surface area contributed by atoms with Gasteiger partial charge in [0, 0.05) is 6.42 Å². The molecule has 0 amide bonds. The minimum atomic E-state index is -0.766. The van der Waals surface area contributed by atoms with Crippen molar-refractivity contribution in [2.45, 2.75) is 38.2 Å². The summed E-state index contributed by atoms with van der Waals surface area (Å²) in [6, 6.07) is 0. The normalized spacial score (nSPS) is 24.4. The van der Waals surface area contributed by atoms with Crippen LogP contribution in [0.4, 0.5) is 5.95 Å². The fourth-order valence-electron chi connectivity index (χ4n) is 2.52. The number of anilines is 1. The molecule has 1 fully saturated rings. The van der Waals surface area contributed by atoms with E-state index in [1.54, 1.807) is 0 Å². The zero-order valence-corrected chi connectivity index (χ0v) is 14.1. The van der Waals surface area contributed by atoms with Crippen molar-refractivity contribution in [2.24, 2.45) is 0 Å². The van der Waals surface area contributed by atoms with Crippen LogP contribution in [0, 0.1) is 0 Å². The molecule has 0 spiro atoms. The van der Waals surface area contributed by atoms with Crippen LogP contribution in [-0.4, -0.2) is 55.4 Å². The van der Waals surface area contributed by atoms with Crippen LogP contribution in [0.25, 0.3) is 11.0 Å². The number of nitrogens with two attached hydrogens (primary N) is 1. The maximum Gasteiger partial charge on any atom is 0.230 e. The lowest BCUT2D eigenvalue weighted by Gasteiger charge is -2.13. The maximum absolute atomic E-state index is 9.90. The molecule has 23 heavy (non-hydrogen) atoms. The van der Waals surface area contributed by atoms with Crippen LogP contribution < -0.4 is 10.5 Å².